The van der Waals surface area contributed by atoms with Crippen LogP contribution in [0.15, 0.2) is 55.0 Å². The Bertz CT molecular complexity index is 824. The molecule has 2 aromatic heterocycles. The minimum absolute atomic E-state index is 0.133. The molecule has 0 unspecified atom stereocenters. The molecular formula is C18H18N4O. The van der Waals surface area contributed by atoms with Crippen LogP contribution >= 0.6 is 0 Å². The van der Waals surface area contributed by atoms with Crippen molar-refractivity contribution in [1.29, 1.82) is 0 Å². The summed E-state index contributed by atoms with van der Waals surface area (Å²) >= 11 is 0. The number of amides is 1. The van der Waals surface area contributed by atoms with E-state index in [0.29, 0.717) is 12.1 Å². The first-order valence-electron chi connectivity index (χ1n) is 7.44. The minimum atomic E-state index is -0.133. The Balaban J connectivity index is 1.79. The van der Waals surface area contributed by atoms with E-state index in [1.807, 2.05) is 50.2 Å². The van der Waals surface area contributed by atoms with Crippen molar-refractivity contribution >= 4 is 5.91 Å². The molecule has 1 N–H and O–H groups in total. The number of hydrogen-bond acceptors (Lipinski definition) is 3. The van der Waals surface area contributed by atoms with Crippen molar-refractivity contribution in [3.63, 3.8) is 0 Å². The fraction of sp³-hybridized carbons (Fsp3) is 0.167. The van der Waals surface area contributed by atoms with Gasteiger partial charge in [0.25, 0.3) is 5.91 Å². The van der Waals surface area contributed by atoms with Gasteiger partial charge in [-0.05, 0) is 37.1 Å². The number of nitrogens with one attached hydrogen (secondary N) is 1. The molecule has 2 heterocycles. The number of hydrogen-bond donors (Lipinski definition) is 1. The zero-order valence-electron chi connectivity index (χ0n) is 13.2. The van der Waals surface area contributed by atoms with Crippen LogP contribution in [0.5, 0.6) is 0 Å². The fourth-order valence-corrected chi connectivity index (χ4v) is 2.46. The highest BCUT2D eigenvalue weighted by Gasteiger charge is 2.15. The molecule has 0 aliphatic carbocycles. The van der Waals surface area contributed by atoms with Gasteiger partial charge in [-0.2, -0.15) is 5.10 Å². The smallest absolute Gasteiger partial charge is 0.255 e. The molecule has 23 heavy (non-hydrogen) atoms. The van der Waals surface area contributed by atoms with Crippen molar-refractivity contribution in [3.05, 3.63) is 77.4 Å². The number of carbonyl (C=O) groups is 1. The van der Waals surface area contributed by atoms with Crippen LogP contribution in [0.4, 0.5) is 0 Å². The number of pyridine rings is 1. The number of para-hydroxylation sites is 1. The first kappa shape index (κ1) is 15.0. The van der Waals surface area contributed by atoms with Gasteiger partial charge in [-0.25, -0.2) is 4.68 Å². The standard InChI is InChI=1S/C18H18N4O/c1-13-6-3-4-8-17(13)22-14(2)16(12-21-22)18(23)20-11-15-7-5-9-19-10-15/h3-10,12H,11H2,1-2H3,(H,20,23). The van der Waals surface area contributed by atoms with E-state index in [9.17, 15) is 4.79 Å². The maximum Gasteiger partial charge on any atom is 0.255 e. The van der Waals surface area contributed by atoms with Gasteiger partial charge >= 0.3 is 0 Å². The van der Waals surface area contributed by atoms with Crippen LogP contribution in [0, 0.1) is 13.8 Å². The largest absolute Gasteiger partial charge is 0.348 e. The van der Waals surface area contributed by atoms with E-state index in [0.717, 1.165) is 22.5 Å². The van der Waals surface area contributed by atoms with E-state index >= 15 is 0 Å². The predicted molar refractivity (Wildman–Crippen MR) is 88.4 cm³/mol. The quantitative estimate of drug-likeness (QED) is 0.806. The summed E-state index contributed by atoms with van der Waals surface area (Å²) in [5.74, 6) is -0.133. The SMILES string of the molecule is Cc1ccccc1-n1ncc(C(=O)NCc2cccnc2)c1C. The first-order valence-corrected chi connectivity index (χ1v) is 7.44. The van der Waals surface area contributed by atoms with Crippen molar-refractivity contribution in [1.82, 2.24) is 20.1 Å². The average Bonchev–Trinajstić information content (AvgIpc) is 2.95. The molecule has 0 bridgehead atoms. The normalized spacial score (nSPS) is 10.5. The number of benzene rings is 1. The molecule has 0 radical (unpaired) electrons. The number of carbonyl (C=O) groups excluding carboxylic acids is 1. The van der Waals surface area contributed by atoms with E-state index in [4.69, 9.17) is 0 Å². The van der Waals surface area contributed by atoms with Crippen molar-refractivity contribution in [3.8, 4) is 5.69 Å². The Hall–Kier alpha value is -2.95. The fourth-order valence-electron chi connectivity index (χ4n) is 2.46. The Morgan fingerprint density at radius 1 is 1.13 bits per heavy atom. The topological polar surface area (TPSA) is 59.8 Å². The van der Waals surface area contributed by atoms with Crippen LogP contribution in [0.2, 0.25) is 0 Å². The van der Waals surface area contributed by atoms with E-state index < -0.39 is 0 Å². The molecule has 3 aromatic rings. The van der Waals surface area contributed by atoms with Gasteiger partial charge in [0.05, 0.1) is 23.1 Å². The van der Waals surface area contributed by atoms with Crippen LogP contribution < -0.4 is 5.32 Å². The van der Waals surface area contributed by atoms with Gasteiger partial charge in [0.2, 0.25) is 0 Å². The molecule has 0 saturated heterocycles. The zero-order valence-corrected chi connectivity index (χ0v) is 13.2. The molecule has 1 aromatic carbocycles. The second-order valence-corrected chi connectivity index (χ2v) is 5.39. The Kier molecular flexibility index (Phi) is 4.19. The van der Waals surface area contributed by atoms with Crippen molar-refractivity contribution in [2.24, 2.45) is 0 Å². The molecule has 0 aliphatic rings. The molecule has 5 nitrogen and oxygen atoms in total. The molecule has 0 aliphatic heterocycles. The second kappa shape index (κ2) is 6.44. The summed E-state index contributed by atoms with van der Waals surface area (Å²) in [4.78, 5) is 16.4. The van der Waals surface area contributed by atoms with Crippen LogP contribution in [0.25, 0.3) is 5.69 Å². The van der Waals surface area contributed by atoms with Gasteiger partial charge in [-0.3, -0.25) is 9.78 Å². The highest BCUT2D eigenvalue weighted by atomic mass is 16.1. The van der Waals surface area contributed by atoms with E-state index in [-0.39, 0.29) is 5.91 Å². The molecule has 3 rings (SSSR count). The summed E-state index contributed by atoms with van der Waals surface area (Å²) in [6, 6.07) is 11.7. The van der Waals surface area contributed by atoms with Gasteiger partial charge in [0.15, 0.2) is 0 Å². The molecule has 116 valence electrons. The molecule has 5 heteroatoms. The van der Waals surface area contributed by atoms with Crippen molar-refractivity contribution in [2.45, 2.75) is 20.4 Å². The molecule has 0 saturated carbocycles. The van der Waals surface area contributed by atoms with Gasteiger partial charge in [-0.1, -0.05) is 24.3 Å². The van der Waals surface area contributed by atoms with Gasteiger partial charge in [0, 0.05) is 18.9 Å². The third kappa shape index (κ3) is 3.13. The van der Waals surface area contributed by atoms with E-state index in [2.05, 4.69) is 15.4 Å². The summed E-state index contributed by atoms with van der Waals surface area (Å²) < 4.78 is 1.80. The maximum absolute atomic E-state index is 12.4. The first-order chi connectivity index (χ1) is 11.2. The summed E-state index contributed by atoms with van der Waals surface area (Å²) in [5.41, 5.74) is 4.46. The average molecular weight is 306 g/mol. The lowest BCUT2D eigenvalue weighted by Crippen LogP contribution is -2.23. The second-order valence-electron chi connectivity index (χ2n) is 5.39. The summed E-state index contributed by atoms with van der Waals surface area (Å²) in [6.45, 7) is 4.37. The number of rotatable bonds is 4. The van der Waals surface area contributed by atoms with E-state index in [1.54, 1.807) is 23.3 Å². The highest BCUT2D eigenvalue weighted by molar-refractivity contribution is 5.95. The van der Waals surface area contributed by atoms with Gasteiger partial charge in [0.1, 0.15) is 0 Å². The highest BCUT2D eigenvalue weighted by Crippen LogP contribution is 2.17. The van der Waals surface area contributed by atoms with Crippen LogP contribution in [0.3, 0.4) is 0 Å². The summed E-state index contributed by atoms with van der Waals surface area (Å²) in [7, 11) is 0. The number of aryl methyl sites for hydroxylation is 1. The molecule has 1 amide bonds. The summed E-state index contributed by atoms with van der Waals surface area (Å²) in [6.07, 6.45) is 5.06. The molecule has 0 spiro atoms. The third-order valence-electron chi connectivity index (χ3n) is 3.77. The molecule has 0 fully saturated rings. The Morgan fingerprint density at radius 3 is 2.70 bits per heavy atom. The lowest BCUT2D eigenvalue weighted by Gasteiger charge is -2.09. The Labute approximate surface area is 135 Å². The lowest BCUT2D eigenvalue weighted by atomic mass is 10.2. The van der Waals surface area contributed by atoms with Crippen LogP contribution in [-0.4, -0.2) is 20.7 Å². The minimum Gasteiger partial charge on any atom is -0.348 e. The predicted octanol–water partition coefficient (Wildman–Crippen LogP) is 2.81. The van der Waals surface area contributed by atoms with Crippen molar-refractivity contribution < 1.29 is 4.79 Å². The zero-order chi connectivity index (χ0) is 16.2. The van der Waals surface area contributed by atoms with Gasteiger partial charge < -0.3 is 5.32 Å². The number of aromatic nitrogens is 3. The molecular weight excluding hydrogens is 288 g/mol. The van der Waals surface area contributed by atoms with Crippen LogP contribution in [0.1, 0.15) is 27.2 Å². The lowest BCUT2D eigenvalue weighted by molar-refractivity contribution is 0.0950. The third-order valence-corrected chi connectivity index (χ3v) is 3.77. The maximum atomic E-state index is 12.4. The molecule has 0 atom stereocenters. The Morgan fingerprint density at radius 2 is 1.96 bits per heavy atom. The monoisotopic (exact) mass is 306 g/mol. The van der Waals surface area contributed by atoms with Gasteiger partial charge in [-0.15, -0.1) is 0 Å². The van der Waals surface area contributed by atoms with Crippen molar-refractivity contribution in [2.75, 3.05) is 0 Å². The van der Waals surface area contributed by atoms with E-state index in [1.165, 1.54) is 0 Å². The van der Waals surface area contributed by atoms with Crippen LogP contribution in [-0.2, 0) is 6.54 Å². The summed E-state index contributed by atoms with van der Waals surface area (Å²) in [5, 5.41) is 7.27. The number of nitrogens with zero attached hydrogens (tertiary/aromatic N) is 3.